The van der Waals surface area contributed by atoms with Crippen LogP contribution in [0.1, 0.15) is 5.56 Å². The van der Waals surface area contributed by atoms with Crippen LogP contribution in [0.25, 0.3) is 16.7 Å². The molecule has 0 spiro atoms. The molecule has 0 fully saturated rings. The van der Waals surface area contributed by atoms with Crippen molar-refractivity contribution in [3.05, 3.63) is 52.3 Å². The van der Waals surface area contributed by atoms with Crippen LogP contribution >= 0.6 is 15.9 Å². The normalized spacial score (nSPS) is 11.1. The third-order valence-corrected chi connectivity index (χ3v) is 3.48. The van der Waals surface area contributed by atoms with E-state index < -0.39 is 0 Å². The summed E-state index contributed by atoms with van der Waals surface area (Å²) < 4.78 is 16.6. The van der Waals surface area contributed by atoms with Gasteiger partial charge in [-0.3, -0.25) is 4.57 Å². The monoisotopic (exact) mass is 319 g/mol. The van der Waals surface area contributed by atoms with Gasteiger partial charge in [-0.25, -0.2) is 9.37 Å². The predicted octanol–water partition coefficient (Wildman–Crippen LogP) is 3.82. The first kappa shape index (κ1) is 12.2. The van der Waals surface area contributed by atoms with Gasteiger partial charge in [0.25, 0.3) is 0 Å². The largest absolute Gasteiger partial charge is 0.369 e. The van der Waals surface area contributed by atoms with Crippen LogP contribution in [0.5, 0.6) is 0 Å². The van der Waals surface area contributed by atoms with Crippen molar-refractivity contribution in [2.24, 2.45) is 0 Å². The molecule has 0 radical (unpaired) electrons. The first-order valence-corrected chi connectivity index (χ1v) is 6.55. The number of halogens is 2. The highest BCUT2D eigenvalue weighted by molar-refractivity contribution is 9.10. The van der Waals surface area contributed by atoms with Gasteiger partial charge in [-0.05, 0) is 42.8 Å². The number of aryl methyl sites for hydroxylation is 1. The van der Waals surface area contributed by atoms with Crippen LogP contribution in [0.4, 0.5) is 10.3 Å². The lowest BCUT2D eigenvalue weighted by atomic mass is 10.2. The fourth-order valence-corrected chi connectivity index (χ4v) is 2.47. The van der Waals surface area contributed by atoms with Crippen LogP contribution in [0.2, 0.25) is 0 Å². The standard InChI is InChI=1S/C14H11BrFN3/c1-8-2-4-12(10(16)6-8)19-13-5-3-9(15)7-11(13)18-14(19)17/h2-7H,1H3,(H2,17,18). The van der Waals surface area contributed by atoms with Gasteiger partial charge in [0.05, 0.1) is 16.7 Å². The summed E-state index contributed by atoms with van der Waals surface area (Å²) in [7, 11) is 0. The fourth-order valence-electron chi connectivity index (χ4n) is 2.12. The van der Waals surface area contributed by atoms with Gasteiger partial charge in [0.15, 0.2) is 0 Å². The highest BCUT2D eigenvalue weighted by Crippen LogP contribution is 2.27. The van der Waals surface area contributed by atoms with Gasteiger partial charge in [0.2, 0.25) is 5.95 Å². The van der Waals surface area contributed by atoms with Crippen molar-refractivity contribution < 1.29 is 4.39 Å². The predicted molar refractivity (Wildman–Crippen MR) is 77.9 cm³/mol. The fraction of sp³-hybridized carbons (Fsp3) is 0.0714. The van der Waals surface area contributed by atoms with Gasteiger partial charge >= 0.3 is 0 Å². The quantitative estimate of drug-likeness (QED) is 0.741. The van der Waals surface area contributed by atoms with E-state index in [0.29, 0.717) is 5.69 Å². The first-order chi connectivity index (χ1) is 9.06. The van der Waals surface area contributed by atoms with Gasteiger partial charge in [-0.15, -0.1) is 0 Å². The average Bonchev–Trinajstić information content (AvgIpc) is 2.65. The lowest BCUT2D eigenvalue weighted by molar-refractivity contribution is 0.619. The Morgan fingerprint density at radius 2 is 2.00 bits per heavy atom. The molecule has 0 atom stereocenters. The van der Waals surface area contributed by atoms with Crippen LogP contribution in [0.3, 0.4) is 0 Å². The van der Waals surface area contributed by atoms with E-state index in [-0.39, 0.29) is 11.8 Å². The van der Waals surface area contributed by atoms with Crippen molar-refractivity contribution in [2.45, 2.75) is 6.92 Å². The molecule has 96 valence electrons. The molecule has 3 rings (SSSR count). The van der Waals surface area contributed by atoms with Crippen molar-refractivity contribution in [3.8, 4) is 5.69 Å². The highest BCUT2D eigenvalue weighted by atomic mass is 79.9. The van der Waals surface area contributed by atoms with Crippen LogP contribution in [0.15, 0.2) is 40.9 Å². The van der Waals surface area contributed by atoms with E-state index in [9.17, 15) is 4.39 Å². The molecule has 1 aromatic heterocycles. The lowest BCUT2D eigenvalue weighted by Gasteiger charge is -2.08. The second-order valence-corrected chi connectivity index (χ2v) is 5.31. The molecule has 5 heteroatoms. The number of rotatable bonds is 1. The second kappa shape index (κ2) is 4.35. The van der Waals surface area contributed by atoms with Gasteiger partial charge < -0.3 is 5.73 Å². The van der Waals surface area contributed by atoms with Gasteiger partial charge in [0, 0.05) is 4.47 Å². The molecule has 2 aromatic carbocycles. The van der Waals surface area contributed by atoms with E-state index in [0.717, 1.165) is 21.1 Å². The van der Waals surface area contributed by atoms with E-state index in [1.807, 2.05) is 31.2 Å². The zero-order valence-electron chi connectivity index (χ0n) is 10.2. The molecule has 2 N–H and O–H groups in total. The molecule has 0 aliphatic carbocycles. The number of benzene rings is 2. The molecule has 3 nitrogen and oxygen atoms in total. The number of anilines is 1. The third kappa shape index (κ3) is 2.00. The molecule has 1 heterocycles. The SMILES string of the molecule is Cc1ccc(-n2c(N)nc3cc(Br)ccc32)c(F)c1. The maximum atomic E-state index is 14.1. The molecular weight excluding hydrogens is 309 g/mol. The summed E-state index contributed by atoms with van der Waals surface area (Å²) in [6.07, 6.45) is 0. The van der Waals surface area contributed by atoms with E-state index >= 15 is 0 Å². The Morgan fingerprint density at radius 3 is 2.74 bits per heavy atom. The van der Waals surface area contributed by atoms with Crippen LogP contribution < -0.4 is 5.73 Å². The first-order valence-electron chi connectivity index (χ1n) is 5.76. The molecule has 0 saturated heterocycles. The van der Waals surface area contributed by atoms with Crippen molar-refractivity contribution in [1.82, 2.24) is 9.55 Å². The lowest BCUT2D eigenvalue weighted by Crippen LogP contribution is -2.03. The average molecular weight is 320 g/mol. The van der Waals surface area contributed by atoms with Crippen molar-refractivity contribution in [1.29, 1.82) is 0 Å². The number of imidazole rings is 1. The van der Waals surface area contributed by atoms with E-state index in [2.05, 4.69) is 20.9 Å². The number of nitrogens with zero attached hydrogens (tertiary/aromatic N) is 2. The van der Waals surface area contributed by atoms with Gasteiger partial charge in [-0.1, -0.05) is 22.0 Å². The van der Waals surface area contributed by atoms with Crippen LogP contribution in [-0.4, -0.2) is 9.55 Å². The molecular formula is C14H11BrFN3. The van der Waals surface area contributed by atoms with Gasteiger partial charge in [-0.2, -0.15) is 0 Å². The number of nitrogens with two attached hydrogens (primary N) is 1. The minimum absolute atomic E-state index is 0.274. The Labute approximate surface area is 118 Å². The molecule has 0 aliphatic heterocycles. The molecule has 0 amide bonds. The molecule has 0 saturated carbocycles. The van der Waals surface area contributed by atoms with E-state index in [1.54, 1.807) is 10.6 Å². The topological polar surface area (TPSA) is 43.8 Å². The Hall–Kier alpha value is -1.88. The third-order valence-electron chi connectivity index (χ3n) is 2.99. The zero-order valence-corrected chi connectivity index (χ0v) is 11.8. The smallest absolute Gasteiger partial charge is 0.206 e. The van der Waals surface area contributed by atoms with Crippen LogP contribution in [0, 0.1) is 12.7 Å². The number of nitrogen functional groups attached to an aromatic ring is 1. The van der Waals surface area contributed by atoms with E-state index in [1.165, 1.54) is 6.07 Å². The maximum Gasteiger partial charge on any atom is 0.206 e. The Kier molecular flexibility index (Phi) is 2.78. The molecule has 3 aromatic rings. The molecule has 0 bridgehead atoms. The Bertz CT molecular complexity index is 780. The maximum absolute atomic E-state index is 14.1. The number of fused-ring (bicyclic) bond motifs is 1. The van der Waals surface area contributed by atoms with Gasteiger partial charge in [0.1, 0.15) is 5.82 Å². The number of hydrogen-bond donors (Lipinski definition) is 1. The molecule has 0 aliphatic rings. The number of hydrogen-bond acceptors (Lipinski definition) is 2. The number of aromatic nitrogens is 2. The van der Waals surface area contributed by atoms with E-state index in [4.69, 9.17) is 5.73 Å². The summed E-state index contributed by atoms with van der Waals surface area (Å²) >= 11 is 3.38. The summed E-state index contributed by atoms with van der Waals surface area (Å²) in [6.45, 7) is 1.85. The Morgan fingerprint density at radius 1 is 1.21 bits per heavy atom. The minimum Gasteiger partial charge on any atom is -0.369 e. The van der Waals surface area contributed by atoms with Crippen molar-refractivity contribution in [3.63, 3.8) is 0 Å². The summed E-state index contributed by atoms with van der Waals surface area (Å²) in [6, 6.07) is 10.6. The summed E-state index contributed by atoms with van der Waals surface area (Å²) in [5, 5.41) is 0. The van der Waals surface area contributed by atoms with Crippen molar-refractivity contribution >= 4 is 32.9 Å². The zero-order chi connectivity index (χ0) is 13.6. The second-order valence-electron chi connectivity index (χ2n) is 4.39. The summed E-state index contributed by atoms with van der Waals surface area (Å²) in [4.78, 5) is 4.26. The minimum atomic E-state index is -0.311. The Balaban J connectivity index is 2.33. The molecule has 0 unspecified atom stereocenters. The highest BCUT2D eigenvalue weighted by Gasteiger charge is 2.13. The summed E-state index contributed by atoms with van der Waals surface area (Å²) in [5.41, 5.74) is 8.70. The van der Waals surface area contributed by atoms with Crippen LogP contribution in [-0.2, 0) is 0 Å². The van der Waals surface area contributed by atoms with Crippen molar-refractivity contribution in [2.75, 3.05) is 5.73 Å². The summed E-state index contributed by atoms with van der Waals surface area (Å²) in [5.74, 6) is -0.0372. The molecule has 19 heavy (non-hydrogen) atoms.